The lowest BCUT2D eigenvalue weighted by atomic mass is 9.93. The fourth-order valence-corrected chi connectivity index (χ4v) is 4.03. The van der Waals surface area contributed by atoms with Crippen LogP contribution in [0.15, 0.2) is 48.5 Å². The van der Waals surface area contributed by atoms with E-state index in [1.807, 2.05) is 17.0 Å². The van der Waals surface area contributed by atoms with Crippen LogP contribution in [-0.4, -0.2) is 41.4 Å². The standard InChI is InChI=1S/C24H30ClN3O2/c1-3-4-7-15-27(24(30)26-21-12-10-20(25)11-13-21)17-23(29)28-16-14-19-8-5-6-9-22(19)18(28)2/h5-6,8-13,18H,3-4,7,14-17H2,1-2H3,(H,26,30). The molecule has 2 aromatic carbocycles. The van der Waals surface area contributed by atoms with Gasteiger partial charge in [0.15, 0.2) is 0 Å². The first-order chi connectivity index (χ1) is 14.5. The Kier molecular flexibility index (Phi) is 7.75. The minimum Gasteiger partial charge on any atom is -0.334 e. The van der Waals surface area contributed by atoms with Crippen LogP contribution < -0.4 is 5.32 Å². The minimum atomic E-state index is -0.258. The van der Waals surface area contributed by atoms with Crippen molar-refractivity contribution >= 4 is 29.2 Å². The molecular weight excluding hydrogens is 398 g/mol. The number of urea groups is 1. The number of amides is 3. The number of halogens is 1. The first-order valence-electron chi connectivity index (χ1n) is 10.7. The number of nitrogens with zero attached hydrogens (tertiary/aromatic N) is 2. The van der Waals surface area contributed by atoms with Gasteiger partial charge in [-0.05, 0) is 55.2 Å². The molecule has 0 aliphatic carbocycles. The zero-order valence-electron chi connectivity index (χ0n) is 17.7. The molecule has 160 valence electrons. The number of anilines is 1. The fraction of sp³-hybridized carbons (Fsp3) is 0.417. The molecule has 0 saturated heterocycles. The average molecular weight is 428 g/mol. The van der Waals surface area contributed by atoms with Gasteiger partial charge in [-0.3, -0.25) is 4.79 Å². The van der Waals surface area contributed by atoms with Crippen LogP contribution in [0, 0.1) is 0 Å². The maximum absolute atomic E-state index is 13.1. The summed E-state index contributed by atoms with van der Waals surface area (Å²) in [6.45, 7) is 5.49. The van der Waals surface area contributed by atoms with Gasteiger partial charge in [0.2, 0.25) is 5.91 Å². The molecule has 0 saturated carbocycles. The van der Waals surface area contributed by atoms with Gasteiger partial charge in [0.05, 0.1) is 6.04 Å². The van der Waals surface area contributed by atoms with Gasteiger partial charge in [0.1, 0.15) is 6.54 Å². The minimum absolute atomic E-state index is 0.0132. The second-order valence-corrected chi connectivity index (χ2v) is 8.21. The zero-order valence-corrected chi connectivity index (χ0v) is 18.5. The predicted octanol–water partition coefficient (Wildman–Crippen LogP) is 5.51. The molecule has 1 aliphatic rings. The van der Waals surface area contributed by atoms with Gasteiger partial charge in [-0.2, -0.15) is 0 Å². The third-order valence-corrected chi connectivity index (χ3v) is 5.91. The molecule has 1 aliphatic heterocycles. The molecule has 5 nitrogen and oxygen atoms in total. The van der Waals surface area contributed by atoms with Crippen LogP contribution in [0.2, 0.25) is 5.02 Å². The highest BCUT2D eigenvalue weighted by atomic mass is 35.5. The van der Waals surface area contributed by atoms with Crippen LogP contribution in [0.25, 0.3) is 0 Å². The molecular formula is C24H30ClN3O2. The lowest BCUT2D eigenvalue weighted by Crippen LogP contribution is -2.47. The number of benzene rings is 2. The Morgan fingerprint density at radius 2 is 1.87 bits per heavy atom. The summed E-state index contributed by atoms with van der Waals surface area (Å²) in [6, 6.07) is 15.0. The molecule has 1 N–H and O–H groups in total. The van der Waals surface area contributed by atoms with E-state index in [4.69, 9.17) is 11.6 Å². The third-order valence-electron chi connectivity index (χ3n) is 5.66. The molecule has 0 bridgehead atoms. The van der Waals surface area contributed by atoms with E-state index in [2.05, 4.69) is 31.3 Å². The third kappa shape index (κ3) is 5.54. The highest BCUT2D eigenvalue weighted by Gasteiger charge is 2.29. The van der Waals surface area contributed by atoms with Crippen molar-refractivity contribution in [3.63, 3.8) is 0 Å². The molecule has 0 spiro atoms. The average Bonchev–Trinajstić information content (AvgIpc) is 2.75. The van der Waals surface area contributed by atoms with Gasteiger partial charge in [-0.15, -0.1) is 0 Å². The van der Waals surface area contributed by atoms with Crippen LogP contribution in [0.4, 0.5) is 10.5 Å². The van der Waals surface area contributed by atoms with Crippen molar-refractivity contribution in [2.75, 3.05) is 25.0 Å². The normalized spacial score (nSPS) is 15.4. The van der Waals surface area contributed by atoms with Crippen molar-refractivity contribution in [2.24, 2.45) is 0 Å². The summed E-state index contributed by atoms with van der Waals surface area (Å²) < 4.78 is 0. The Morgan fingerprint density at radius 1 is 1.13 bits per heavy atom. The first-order valence-corrected chi connectivity index (χ1v) is 11.1. The molecule has 2 aromatic rings. The van der Waals surface area contributed by atoms with Gasteiger partial charge >= 0.3 is 6.03 Å². The second kappa shape index (κ2) is 10.5. The van der Waals surface area contributed by atoms with E-state index >= 15 is 0 Å². The van der Waals surface area contributed by atoms with Crippen molar-refractivity contribution in [2.45, 2.75) is 45.6 Å². The summed E-state index contributed by atoms with van der Waals surface area (Å²) >= 11 is 5.93. The molecule has 3 amide bonds. The Labute approximate surface area is 184 Å². The summed E-state index contributed by atoms with van der Waals surface area (Å²) in [5.41, 5.74) is 3.16. The van der Waals surface area contributed by atoms with Crippen molar-refractivity contribution in [1.29, 1.82) is 0 Å². The molecule has 0 radical (unpaired) electrons. The van der Waals surface area contributed by atoms with Crippen LogP contribution in [-0.2, 0) is 11.2 Å². The Hall–Kier alpha value is -2.53. The number of hydrogen-bond donors (Lipinski definition) is 1. The van der Waals surface area contributed by atoms with E-state index in [0.717, 1.165) is 25.7 Å². The lowest BCUT2D eigenvalue weighted by molar-refractivity contribution is -0.134. The first kappa shape index (κ1) is 22.2. The van der Waals surface area contributed by atoms with Crippen molar-refractivity contribution in [3.05, 3.63) is 64.7 Å². The number of carbonyl (C=O) groups excluding carboxylic acids is 2. The summed E-state index contributed by atoms with van der Waals surface area (Å²) in [4.78, 5) is 29.6. The van der Waals surface area contributed by atoms with Crippen LogP contribution in [0.5, 0.6) is 0 Å². The van der Waals surface area contributed by atoms with Crippen LogP contribution in [0.1, 0.15) is 50.3 Å². The fourth-order valence-electron chi connectivity index (χ4n) is 3.91. The lowest BCUT2D eigenvalue weighted by Gasteiger charge is -2.36. The molecule has 0 fully saturated rings. The highest BCUT2D eigenvalue weighted by molar-refractivity contribution is 6.30. The molecule has 1 atom stereocenters. The van der Waals surface area contributed by atoms with Crippen LogP contribution >= 0.6 is 11.6 Å². The molecule has 1 unspecified atom stereocenters. The highest BCUT2D eigenvalue weighted by Crippen LogP contribution is 2.29. The quantitative estimate of drug-likeness (QED) is 0.592. The number of unbranched alkanes of at least 4 members (excludes halogenated alkanes) is 2. The van der Waals surface area contributed by atoms with E-state index in [-0.39, 0.29) is 24.5 Å². The van der Waals surface area contributed by atoms with Gasteiger partial charge in [0.25, 0.3) is 0 Å². The van der Waals surface area contributed by atoms with Gasteiger partial charge in [-0.25, -0.2) is 4.79 Å². The SMILES string of the molecule is CCCCCN(CC(=O)N1CCc2ccccc2C1C)C(=O)Nc1ccc(Cl)cc1. The summed E-state index contributed by atoms with van der Waals surface area (Å²) in [5.74, 6) is -0.0141. The number of carbonyl (C=O) groups is 2. The van der Waals surface area contributed by atoms with Crippen molar-refractivity contribution < 1.29 is 9.59 Å². The largest absolute Gasteiger partial charge is 0.334 e. The van der Waals surface area contributed by atoms with Gasteiger partial charge < -0.3 is 15.1 Å². The van der Waals surface area contributed by atoms with E-state index in [9.17, 15) is 9.59 Å². The van der Waals surface area contributed by atoms with Crippen molar-refractivity contribution in [1.82, 2.24) is 9.80 Å². The Bertz CT molecular complexity index is 869. The van der Waals surface area contributed by atoms with Gasteiger partial charge in [-0.1, -0.05) is 55.6 Å². The maximum Gasteiger partial charge on any atom is 0.322 e. The Balaban J connectivity index is 1.68. The molecule has 3 rings (SSSR count). The van der Waals surface area contributed by atoms with Crippen LogP contribution in [0.3, 0.4) is 0 Å². The Morgan fingerprint density at radius 3 is 2.60 bits per heavy atom. The summed E-state index contributed by atoms with van der Waals surface area (Å²) in [7, 11) is 0. The summed E-state index contributed by atoms with van der Waals surface area (Å²) in [6.07, 6.45) is 3.79. The van der Waals surface area contributed by atoms with E-state index < -0.39 is 0 Å². The summed E-state index contributed by atoms with van der Waals surface area (Å²) in [5, 5.41) is 3.50. The number of hydrogen-bond acceptors (Lipinski definition) is 2. The maximum atomic E-state index is 13.1. The molecule has 6 heteroatoms. The van der Waals surface area contributed by atoms with Gasteiger partial charge in [0, 0.05) is 23.8 Å². The number of nitrogens with one attached hydrogen (secondary N) is 1. The number of fused-ring (bicyclic) bond motifs is 1. The van der Waals surface area contributed by atoms with E-state index in [1.54, 1.807) is 29.2 Å². The second-order valence-electron chi connectivity index (χ2n) is 7.78. The molecule has 0 aromatic heterocycles. The zero-order chi connectivity index (χ0) is 21.5. The van der Waals surface area contributed by atoms with Crippen molar-refractivity contribution in [3.8, 4) is 0 Å². The molecule has 1 heterocycles. The number of rotatable bonds is 7. The predicted molar refractivity (Wildman–Crippen MR) is 122 cm³/mol. The van der Waals surface area contributed by atoms with E-state index in [0.29, 0.717) is 23.8 Å². The smallest absolute Gasteiger partial charge is 0.322 e. The van der Waals surface area contributed by atoms with E-state index in [1.165, 1.54) is 11.1 Å². The molecule has 30 heavy (non-hydrogen) atoms. The topological polar surface area (TPSA) is 52.7 Å². The monoisotopic (exact) mass is 427 g/mol.